The zero-order valence-corrected chi connectivity index (χ0v) is 29.8. The molecule has 0 spiro atoms. The molecule has 1 atom stereocenters. The van der Waals surface area contributed by atoms with Gasteiger partial charge in [-0.05, 0) is 52.9 Å². The maximum atomic E-state index is 13.4. The van der Waals surface area contributed by atoms with Gasteiger partial charge in [0.15, 0.2) is 15.8 Å². The van der Waals surface area contributed by atoms with E-state index in [-0.39, 0.29) is 30.9 Å². The lowest BCUT2D eigenvalue weighted by molar-refractivity contribution is -0.136. The first-order chi connectivity index (χ1) is 23.6. The highest BCUT2D eigenvalue weighted by Crippen LogP contribution is 2.42. The van der Waals surface area contributed by atoms with Gasteiger partial charge in [0, 0.05) is 12.3 Å². The maximum absolute atomic E-state index is 13.4. The average Bonchev–Trinajstić information content (AvgIpc) is 3.50. The highest BCUT2D eigenvalue weighted by molar-refractivity contribution is 8.01. The quantitative estimate of drug-likeness (QED) is 0.0605. The van der Waals surface area contributed by atoms with Crippen LogP contribution in [0.5, 0.6) is 11.5 Å². The fourth-order valence-corrected chi connectivity index (χ4v) is 7.79. The summed E-state index contributed by atoms with van der Waals surface area (Å²) in [5.41, 5.74) is 3.96. The van der Waals surface area contributed by atoms with E-state index in [0.717, 1.165) is 31.2 Å². The topological polar surface area (TPSA) is 95.0 Å². The zero-order valence-electron chi connectivity index (χ0n) is 25.9. The summed E-state index contributed by atoms with van der Waals surface area (Å²) in [7, 11) is 0. The molecular formula is C36H29Cl3N2O6S2. The van der Waals surface area contributed by atoms with Gasteiger partial charge in [-0.1, -0.05) is 119 Å². The predicted molar refractivity (Wildman–Crippen MR) is 193 cm³/mol. The number of amides is 1. The Morgan fingerprint density at radius 3 is 2.04 bits per heavy atom. The fraction of sp³-hybridized carbons (Fsp3) is 0.222. The van der Waals surface area contributed by atoms with Crippen LogP contribution in [0, 0.1) is 0 Å². The van der Waals surface area contributed by atoms with Gasteiger partial charge < -0.3 is 14.2 Å². The molecule has 1 aliphatic rings. The number of rotatable bonds is 10. The van der Waals surface area contributed by atoms with Gasteiger partial charge in [0.25, 0.3) is 0 Å². The molecule has 2 heterocycles. The molecule has 0 bridgehead atoms. The Morgan fingerprint density at radius 1 is 0.837 bits per heavy atom. The van der Waals surface area contributed by atoms with Gasteiger partial charge in [0.2, 0.25) is 3.79 Å². The van der Waals surface area contributed by atoms with Gasteiger partial charge in [0.05, 0.1) is 29.1 Å². The van der Waals surface area contributed by atoms with Gasteiger partial charge in [0.1, 0.15) is 6.61 Å². The summed E-state index contributed by atoms with van der Waals surface area (Å²) in [5, 5.41) is 0. The molecule has 0 saturated heterocycles. The SMILES string of the molecule is O=C(Cc1ccccc1)Oc1cc2c(cc1OC(=O)Cc1ccccc1)C(CSc1nc3ccccc3s1)N(C(=O)OCC(Cl)(Cl)Cl)CC2. The van der Waals surface area contributed by atoms with Crippen molar-refractivity contribution in [3.63, 3.8) is 0 Å². The number of hydrogen-bond acceptors (Lipinski definition) is 9. The van der Waals surface area contributed by atoms with Crippen LogP contribution >= 0.6 is 57.9 Å². The van der Waals surface area contributed by atoms with Gasteiger partial charge in [-0.25, -0.2) is 9.78 Å². The van der Waals surface area contributed by atoms with Gasteiger partial charge in [-0.15, -0.1) is 11.3 Å². The van der Waals surface area contributed by atoms with Crippen molar-refractivity contribution in [2.24, 2.45) is 0 Å². The molecule has 1 aromatic heterocycles. The number of ether oxygens (including phenoxy) is 3. The number of hydrogen-bond donors (Lipinski definition) is 0. The average molecular weight is 756 g/mol. The normalized spacial score (nSPS) is 14.3. The molecule has 1 amide bonds. The van der Waals surface area contributed by atoms with Crippen molar-refractivity contribution in [2.75, 3.05) is 18.9 Å². The maximum Gasteiger partial charge on any atom is 0.410 e. The van der Waals surface area contributed by atoms with E-state index in [1.54, 1.807) is 28.4 Å². The van der Waals surface area contributed by atoms with Crippen molar-refractivity contribution in [3.8, 4) is 11.5 Å². The summed E-state index contributed by atoms with van der Waals surface area (Å²) in [6, 6.07) is 29.1. The number of carbonyl (C=O) groups is 3. The van der Waals surface area contributed by atoms with E-state index in [0.29, 0.717) is 17.7 Å². The smallest absolute Gasteiger partial charge is 0.410 e. The molecule has 0 N–H and O–H groups in total. The minimum atomic E-state index is -1.78. The summed E-state index contributed by atoms with van der Waals surface area (Å²) in [4.78, 5) is 46.0. The Hall–Kier alpha value is -3.80. The lowest BCUT2D eigenvalue weighted by Crippen LogP contribution is -2.42. The number of benzene rings is 4. The third-order valence-corrected chi connectivity index (χ3v) is 10.2. The van der Waals surface area contributed by atoms with Gasteiger partial charge >= 0.3 is 18.0 Å². The first kappa shape index (κ1) is 35.0. The monoisotopic (exact) mass is 754 g/mol. The number of thioether (sulfide) groups is 1. The molecule has 0 radical (unpaired) electrons. The number of carbonyl (C=O) groups excluding carboxylic acids is 3. The van der Waals surface area contributed by atoms with E-state index in [1.165, 1.54) is 11.8 Å². The predicted octanol–water partition coefficient (Wildman–Crippen LogP) is 8.79. The Kier molecular flexibility index (Phi) is 11.3. The van der Waals surface area contributed by atoms with Crippen molar-refractivity contribution in [1.29, 1.82) is 0 Å². The second-order valence-electron chi connectivity index (χ2n) is 11.2. The molecule has 8 nitrogen and oxygen atoms in total. The number of halogens is 3. The Bertz CT molecular complexity index is 1920. The number of thiazole rings is 1. The summed E-state index contributed by atoms with van der Waals surface area (Å²) in [6.07, 6.45) is -0.226. The van der Waals surface area contributed by atoms with Crippen LogP contribution in [0.3, 0.4) is 0 Å². The molecule has 252 valence electrons. The number of esters is 2. The molecule has 0 saturated carbocycles. The summed E-state index contributed by atoms with van der Waals surface area (Å²) >= 11 is 20.7. The fourth-order valence-electron chi connectivity index (χ4n) is 5.40. The molecule has 0 aliphatic carbocycles. The number of alkyl halides is 3. The number of aromatic nitrogens is 1. The lowest BCUT2D eigenvalue weighted by atomic mass is 9.93. The third kappa shape index (κ3) is 9.46. The Labute approximate surface area is 306 Å². The van der Waals surface area contributed by atoms with Crippen LogP contribution < -0.4 is 9.47 Å². The van der Waals surface area contributed by atoms with Gasteiger partial charge in [-0.2, -0.15) is 0 Å². The van der Waals surface area contributed by atoms with E-state index in [4.69, 9.17) is 54.0 Å². The molecule has 6 rings (SSSR count). The van der Waals surface area contributed by atoms with E-state index >= 15 is 0 Å². The van der Waals surface area contributed by atoms with Gasteiger partial charge in [-0.3, -0.25) is 14.5 Å². The van der Waals surface area contributed by atoms with E-state index in [1.807, 2.05) is 84.9 Å². The number of para-hydroxylation sites is 1. The van der Waals surface area contributed by atoms with Crippen molar-refractivity contribution in [2.45, 2.75) is 33.4 Å². The second-order valence-corrected chi connectivity index (χ2v) is 16.0. The van der Waals surface area contributed by atoms with Crippen LogP contribution in [-0.4, -0.2) is 50.6 Å². The second kappa shape index (κ2) is 15.8. The molecular weight excluding hydrogens is 727 g/mol. The largest absolute Gasteiger partial charge is 0.445 e. The van der Waals surface area contributed by atoms with E-state index < -0.39 is 34.5 Å². The van der Waals surface area contributed by atoms with Crippen LogP contribution in [0.25, 0.3) is 10.2 Å². The standard InChI is InChI=1S/C36H29Cl3N2O6S2/c37-36(38,39)22-45-35(44)41-16-15-25-19-29(46-32(42)17-23-9-3-1-4-10-23)30(47-33(43)18-24-11-5-2-6-12-24)20-26(25)28(41)21-48-34-40-27-13-7-8-14-31(27)49-34/h1-14,19-20,28H,15-18,21-22H2. The summed E-state index contributed by atoms with van der Waals surface area (Å²) in [5.74, 6) is -0.484. The highest BCUT2D eigenvalue weighted by atomic mass is 35.6. The Balaban J connectivity index is 1.33. The van der Waals surface area contributed by atoms with Crippen molar-refractivity contribution >= 4 is 86.1 Å². The Morgan fingerprint density at radius 2 is 1.43 bits per heavy atom. The summed E-state index contributed by atoms with van der Waals surface area (Å²) in [6.45, 7) is -0.155. The first-order valence-corrected chi connectivity index (χ1v) is 18.2. The van der Waals surface area contributed by atoms with Crippen LogP contribution in [0.4, 0.5) is 4.79 Å². The van der Waals surface area contributed by atoms with Crippen LogP contribution in [0.15, 0.2) is 101 Å². The molecule has 5 aromatic rings. The first-order valence-electron chi connectivity index (χ1n) is 15.3. The highest BCUT2D eigenvalue weighted by Gasteiger charge is 2.35. The molecule has 1 unspecified atom stereocenters. The molecule has 49 heavy (non-hydrogen) atoms. The van der Waals surface area contributed by atoms with E-state index in [2.05, 4.69) is 0 Å². The molecule has 1 aliphatic heterocycles. The molecule has 13 heteroatoms. The molecule has 4 aromatic carbocycles. The number of nitrogens with zero attached hydrogens (tertiary/aromatic N) is 2. The van der Waals surface area contributed by atoms with Crippen molar-refractivity contribution in [1.82, 2.24) is 9.88 Å². The van der Waals surface area contributed by atoms with Crippen molar-refractivity contribution in [3.05, 3.63) is 119 Å². The van der Waals surface area contributed by atoms with E-state index in [9.17, 15) is 14.4 Å². The summed E-state index contributed by atoms with van der Waals surface area (Å²) < 4.78 is 17.2. The van der Waals surface area contributed by atoms with Crippen LogP contribution in [0.2, 0.25) is 0 Å². The lowest BCUT2D eigenvalue weighted by Gasteiger charge is -2.37. The minimum absolute atomic E-state index is 0.00168. The third-order valence-electron chi connectivity index (χ3n) is 7.63. The zero-order chi connectivity index (χ0) is 34.4. The van der Waals surface area contributed by atoms with Crippen LogP contribution in [-0.2, 0) is 33.6 Å². The van der Waals surface area contributed by atoms with Crippen molar-refractivity contribution < 1.29 is 28.6 Å². The van der Waals surface area contributed by atoms with Crippen LogP contribution in [0.1, 0.15) is 28.3 Å². The molecule has 0 fully saturated rings. The number of fused-ring (bicyclic) bond motifs is 2. The minimum Gasteiger partial charge on any atom is -0.445 e.